The molecule has 0 bridgehead atoms. The summed E-state index contributed by atoms with van der Waals surface area (Å²) in [5.74, 6) is -0.0161. The number of carbonyl (C=O) groups excluding carboxylic acids is 2. The summed E-state index contributed by atoms with van der Waals surface area (Å²) in [6.07, 6.45) is 4.49. The molecule has 5 nitrogen and oxygen atoms in total. The lowest BCUT2D eigenvalue weighted by molar-refractivity contribution is -0.140. The Hall–Kier alpha value is -1.33. The van der Waals surface area contributed by atoms with Gasteiger partial charge in [-0.25, -0.2) is 0 Å². The van der Waals surface area contributed by atoms with E-state index in [2.05, 4.69) is 18.5 Å². The topological polar surface area (TPSA) is 52.7 Å². The highest BCUT2D eigenvalue weighted by atomic mass is 35.5. The van der Waals surface area contributed by atoms with Crippen molar-refractivity contribution in [3.05, 3.63) is 25.3 Å². The molecular formula is C15H26ClN3O2. The Morgan fingerprint density at radius 3 is 2.57 bits per heavy atom. The quantitative estimate of drug-likeness (QED) is 0.685. The van der Waals surface area contributed by atoms with Crippen molar-refractivity contribution < 1.29 is 9.59 Å². The predicted octanol–water partition coefficient (Wildman–Crippen LogP) is 1.21. The summed E-state index contributed by atoms with van der Waals surface area (Å²) in [5.41, 5.74) is 0. The van der Waals surface area contributed by atoms with E-state index in [9.17, 15) is 9.59 Å². The zero-order valence-electron chi connectivity index (χ0n) is 12.7. The molecule has 21 heavy (non-hydrogen) atoms. The number of amides is 2. The van der Waals surface area contributed by atoms with Crippen molar-refractivity contribution >= 4 is 24.2 Å². The molecule has 1 aliphatic heterocycles. The van der Waals surface area contributed by atoms with Gasteiger partial charge in [0.25, 0.3) is 0 Å². The van der Waals surface area contributed by atoms with E-state index in [1.54, 1.807) is 17.1 Å². The lowest BCUT2D eigenvalue weighted by Gasteiger charge is -2.33. The minimum atomic E-state index is -0.403. The van der Waals surface area contributed by atoms with Crippen LogP contribution >= 0.6 is 12.4 Å². The Kier molecular flexibility index (Phi) is 9.75. The molecule has 1 unspecified atom stereocenters. The summed E-state index contributed by atoms with van der Waals surface area (Å²) in [6.45, 7) is 12.5. The van der Waals surface area contributed by atoms with Crippen molar-refractivity contribution in [2.75, 3.05) is 32.7 Å². The predicted molar refractivity (Wildman–Crippen MR) is 87.5 cm³/mol. The Balaban J connectivity index is 0.00000400. The van der Waals surface area contributed by atoms with Crippen molar-refractivity contribution in [1.29, 1.82) is 0 Å². The van der Waals surface area contributed by atoms with Gasteiger partial charge < -0.3 is 15.1 Å². The van der Waals surface area contributed by atoms with Crippen LogP contribution in [0.3, 0.4) is 0 Å². The average molecular weight is 316 g/mol. The Morgan fingerprint density at radius 1 is 1.43 bits per heavy atom. The van der Waals surface area contributed by atoms with Gasteiger partial charge in [-0.15, -0.1) is 25.6 Å². The van der Waals surface area contributed by atoms with Crippen LogP contribution in [0.15, 0.2) is 25.3 Å². The minimum absolute atomic E-state index is 0. The molecular weight excluding hydrogens is 290 g/mol. The van der Waals surface area contributed by atoms with Crippen LogP contribution in [-0.2, 0) is 9.59 Å². The SMILES string of the molecule is C=CCN(CC=C)C(=O)CC1NCCN(CCC)C1=O.Cl. The van der Waals surface area contributed by atoms with Crippen LogP contribution in [-0.4, -0.2) is 60.4 Å². The molecule has 1 N–H and O–H groups in total. The van der Waals surface area contributed by atoms with Crippen molar-refractivity contribution in [3.63, 3.8) is 0 Å². The molecule has 0 aliphatic carbocycles. The number of nitrogens with one attached hydrogen (secondary N) is 1. The number of rotatable bonds is 8. The molecule has 1 rings (SSSR count). The molecule has 0 saturated carbocycles. The van der Waals surface area contributed by atoms with Crippen molar-refractivity contribution in [1.82, 2.24) is 15.1 Å². The molecule has 1 heterocycles. The molecule has 1 atom stereocenters. The van der Waals surface area contributed by atoms with Crippen LogP contribution in [0.1, 0.15) is 19.8 Å². The average Bonchev–Trinajstić information content (AvgIpc) is 2.43. The molecule has 0 aromatic carbocycles. The van der Waals surface area contributed by atoms with E-state index in [4.69, 9.17) is 0 Å². The molecule has 0 spiro atoms. The van der Waals surface area contributed by atoms with Gasteiger partial charge in [0.15, 0.2) is 0 Å². The first-order valence-electron chi connectivity index (χ1n) is 7.15. The second-order valence-corrected chi connectivity index (χ2v) is 4.91. The third-order valence-electron chi connectivity index (χ3n) is 3.31. The summed E-state index contributed by atoms with van der Waals surface area (Å²) < 4.78 is 0. The van der Waals surface area contributed by atoms with E-state index in [0.717, 1.165) is 26.1 Å². The fraction of sp³-hybridized carbons (Fsp3) is 0.600. The fourth-order valence-corrected chi connectivity index (χ4v) is 2.34. The van der Waals surface area contributed by atoms with Gasteiger partial charge in [-0.3, -0.25) is 9.59 Å². The summed E-state index contributed by atoms with van der Waals surface area (Å²) in [7, 11) is 0. The maximum atomic E-state index is 12.2. The van der Waals surface area contributed by atoms with Gasteiger partial charge in [0, 0.05) is 32.7 Å². The van der Waals surface area contributed by atoms with Crippen LogP contribution in [0.25, 0.3) is 0 Å². The monoisotopic (exact) mass is 315 g/mol. The Bertz CT molecular complexity index is 362. The Morgan fingerprint density at radius 2 is 2.05 bits per heavy atom. The molecule has 1 aliphatic rings. The second-order valence-electron chi connectivity index (χ2n) is 4.91. The smallest absolute Gasteiger partial charge is 0.240 e. The van der Waals surface area contributed by atoms with Gasteiger partial charge in [0.1, 0.15) is 0 Å². The van der Waals surface area contributed by atoms with Gasteiger partial charge >= 0.3 is 0 Å². The van der Waals surface area contributed by atoms with Crippen molar-refractivity contribution in [3.8, 4) is 0 Å². The summed E-state index contributed by atoms with van der Waals surface area (Å²) in [4.78, 5) is 27.9. The molecule has 1 fully saturated rings. The third-order valence-corrected chi connectivity index (χ3v) is 3.31. The normalized spacial score (nSPS) is 17.9. The van der Waals surface area contributed by atoms with Crippen LogP contribution in [0.5, 0.6) is 0 Å². The highest BCUT2D eigenvalue weighted by Crippen LogP contribution is 2.08. The lowest BCUT2D eigenvalue weighted by atomic mass is 10.1. The minimum Gasteiger partial charge on any atom is -0.340 e. The molecule has 0 aromatic heterocycles. The molecule has 0 radical (unpaired) electrons. The number of hydrogen-bond donors (Lipinski definition) is 1. The molecule has 1 saturated heterocycles. The van der Waals surface area contributed by atoms with E-state index in [0.29, 0.717) is 13.1 Å². The number of piperazine rings is 1. The number of nitrogens with zero attached hydrogens (tertiary/aromatic N) is 2. The molecule has 2 amide bonds. The van der Waals surface area contributed by atoms with Crippen LogP contribution in [0.2, 0.25) is 0 Å². The van der Waals surface area contributed by atoms with Crippen LogP contribution in [0, 0.1) is 0 Å². The van der Waals surface area contributed by atoms with Crippen molar-refractivity contribution in [2.24, 2.45) is 0 Å². The second kappa shape index (κ2) is 10.4. The highest BCUT2D eigenvalue weighted by Gasteiger charge is 2.30. The standard InChI is InChI=1S/C15H25N3O2.ClH/c1-4-8-17(9-5-2)14(19)12-13-15(20)18(10-6-3)11-7-16-13;/h4-5,13,16H,1-2,6-12H2,3H3;1H. The van der Waals surface area contributed by atoms with Crippen LogP contribution in [0.4, 0.5) is 0 Å². The van der Waals surface area contributed by atoms with E-state index >= 15 is 0 Å². The number of halogens is 1. The van der Waals surface area contributed by atoms with E-state index < -0.39 is 6.04 Å². The fourth-order valence-electron chi connectivity index (χ4n) is 2.34. The number of hydrogen-bond acceptors (Lipinski definition) is 3. The largest absolute Gasteiger partial charge is 0.340 e. The molecule has 0 aromatic rings. The zero-order chi connectivity index (χ0) is 15.0. The third kappa shape index (κ3) is 5.89. The van der Waals surface area contributed by atoms with Gasteiger partial charge in [0.05, 0.1) is 12.5 Å². The maximum Gasteiger partial charge on any atom is 0.240 e. The van der Waals surface area contributed by atoms with E-state index in [1.165, 1.54) is 0 Å². The first-order valence-corrected chi connectivity index (χ1v) is 7.15. The van der Waals surface area contributed by atoms with Gasteiger partial charge in [0.2, 0.25) is 11.8 Å². The van der Waals surface area contributed by atoms with Crippen molar-refractivity contribution in [2.45, 2.75) is 25.8 Å². The molecule has 120 valence electrons. The van der Waals surface area contributed by atoms with Gasteiger partial charge in [-0.05, 0) is 6.42 Å². The van der Waals surface area contributed by atoms with Gasteiger partial charge in [-0.1, -0.05) is 19.1 Å². The van der Waals surface area contributed by atoms with E-state index in [-0.39, 0.29) is 30.6 Å². The van der Waals surface area contributed by atoms with Crippen LogP contribution < -0.4 is 5.32 Å². The van der Waals surface area contributed by atoms with Gasteiger partial charge in [-0.2, -0.15) is 0 Å². The maximum absolute atomic E-state index is 12.2. The Labute approximate surface area is 133 Å². The summed E-state index contributed by atoms with van der Waals surface area (Å²) in [6, 6.07) is -0.403. The highest BCUT2D eigenvalue weighted by molar-refractivity contribution is 5.89. The lowest BCUT2D eigenvalue weighted by Crippen LogP contribution is -2.56. The van der Waals surface area contributed by atoms with E-state index in [1.807, 2.05) is 11.8 Å². The summed E-state index contributed by atoms with van der Waals surface area (Å²) >= 11 is 0. The first kappa shape index (κ1) is 19.7. The zero-order valence-corrected chi connectivity index (χ0v) is 13.5. The number of carbonyl (C=O) groups is 2. The first-order chi connectivity index (χ1) is 9.63. The molecule has 6 heteroatoms. The summed E-state index contributed by atoms with van der Waals surface area (Å²) in [5, 5.41) is 3.14.